The molecule has 2 N–H and O–H groups in total. The van der Waals surface area contributed by atoms with Crippen LogP contribution in [-0.4, -0.2) is 29.2 Å². The Hall–Kier alpha value is -2.42. The molecule has 2 heterocycles. The molecule has 0 spiro atoms. The molecule has 8 nitrogen and oxygen atoms in total. The molecule has 0 unspecified atom stereocenters. The molecule has 0 aliphatic heterocycles. The maximum absolute atomic E-state index is 12.5. The summed E-state index contributed by atoms with van der Waals surface area (Å²) >= 11 is 0. The van der Waals surface area contributed by atoms with Gasteiger partial charge in [0.05, 0.1) is 5.69 Å². The molecular weight excluding hydrogens is 366 g/mol. The first-order valence-corrected chi connectivity index (χ1v) is 10.8. The summed E-state index contributed by atoms with van der Waals surface area (Å²) in [6.45, 7) is 3.79. The quantitative estimate of drug-likeness (QED) is 0.835. The Kier molecular flexibility index (Phi) is 4.41. The number of anilines is 1. The van der Waals surface area contributed by atoms with Gasteiger partial charge >= 0.3 is 6.03 Å². The number of aryl methyl sites for hydroxylation is 2. The Morgan fingerprint density at radius 2 is 1.74 bits per heavy atom. The molecular formula is C18H23N5O3S. The van der Waals surface area contributed by atoms with Crippen LogP contribution in [0.25, 0.3) is 0 Å². The van der Waals surface area contributed by atoms with Crippen molar-refractivity contribution in [1.29, 1.82) is 0 Å². The number of pyridine rings is 1. The Labute approximate surface area is 158 Å². The zero-order valence-electron chi connectivity index (χ0n) is 15.4. The number of nitrogens with one attached hydrogen (secondary N) is 2. The van der Waals surface area contributed by atoms with Gasteiger partial charge in [-0.3, -0.25) is 9.67 Å². The Morgan fingerprint density at radius 1 is 1.11 bits per heavy atom. The highest BCUT2D eigenvalue weighted by atomic mass is 32.2. The number of carbonyl (C=O) groups excluding carboxylic acids is 1. The maximum Gasteiger partial charge on any atom is 0.333 e. The number of rotatable bonds is 4. The number of carbonyl (C=O) groups is 1. The van der Waals surface area contributed by atoms with E-state index >= 15 is 0 Å². The standard InChI is InChI=1S/C18H23N5O3S/c1-11(2)23-10-9-16(21-23)27(25,26)22-18(24)20-17-12-5-3-7-14(12)19-15-8-4-6-13(15)17/h9-11H,3-8H2,1-2H3,(H2,19,20,22,24). The number of hydrogen-bond acceptors (Lipinski definition) is 5. The van der Waals surface area contributed by atoms with Crippen LogP contribution >= 0.6 is 0 Å². The van der Waals surface area contributed by atoms with Gasteiger partial charge in [-0.05, 0) is 69.6 Å². The van der Waals surface area contributed by atoms with Crippen LogP contribution < -0.4 is 10.0 Å². The number of hydrogen-bond donors (Lipinski definition) is 2. The predicted octanol–water partition coefficient (Wildman–Crippen LogP) is 2.35. The minimum atomic E-state index is -4.03. The van der Waals surface area contributed by atoms with Gasteiger partial charge in [-0.1, -0.05) is 0 Å². The van der Waals surface area contributed by atoms with Crippen molar-refractivity contribution in [2.75, 3.05) is 5.32 Å². The van der Waals surface area contributed by atoms with Crippen molar-refractivity contribution in [1.82, 2.24) is 19.5 Å². The number of aromatic nitrogens is 3. The third-order valence-electron chi connectivity index (χ3n) is 5.10. The molecule has 2 amide bonds. The first-order chi connectivity index (χ1) is 12.8. The monoisotopic (exact) mass is 389 g/mol. The SMILES string of the molecule is CC(C)n1ccc(S(=O)(=O)NC(=O)Nc2c3c(nc4c2CCC4)CCC3)n1. The van der Waals surface area contributed by atoms with E-state index in [4.69, 9.17) is 4.98 Å². The fourth-order valence-electron chi connectivity index (χ4n) is 3.80. The summed E-state index contributed by atoms with van der Waals surface area (Å²) in [5.74, 6) is 0. The number of urea groups is 1. The van der Waals surface area contributed by atoms with E-state index in [1.807, 2.05) is 13.8 Å². The lowest BCUT2D eigenvalue weighted by atomic mass is 10.1. The van der Waals surface area contributed by atoms with Gasteiger partial charge in [0.25, 0.3) is 10.0 Å². The van der Waals surface area contributed by atoms with Crippen LogP contribution in [-0.2, 0) is 35.7 Å². The predicted molar refractivity (Wildman–Crippen MR) is 100 cm³/mol. The van der Waals surface area contributed by atoms with Crippen LogP contribution in [0.4, 0.5) is 10.5 Å². The van der Waals surface area contributed by atoms with Crippen molar-refractivity contribution in [3.63, 3.8) is 0 Å². The Bertz CT molecular complexity index is 978. The van der Waals surface area contributed by atoms with E-state index in [1.165, 1.54) is 10.7 Å². The second-order valence-corrected chi connectivity index (χ2v) is 8.96. The van der Waals surface area contributed by atoms with Crippen LogP contribution in [0.3, 0.4) is 0 Å². The van der Waals surface area contributed by atoms with E-state index in [0.717, 1.165) is 66.7 Å². The van der Waals surface area contributed by atoms with Gasteiger partial charge in [0.2, 0.25) is 0 Å². The van der Waals surface area contributed by atoms with Crippen molar-refractivity contribution >= 4 is 21.7 Å². The second kappa shape index (κ2) is 6.63. The summed E-state index contributed by atoms with van der Waals surface area (Å²) in [4.78, 5) is 17.2. The first-order valence-electron chi connectivity index (χ1n) is 9.27. The van der Waals surface area contributed by atoms with Crippen molar-refractivity contribution in [2.24, 2.45) is 0 Å². The molecule has 144 valence electrons. The third-order valence-corrected chi connectivity index (χ3v) is 6.33. The van der Waals surface area contributed by atoms with Gasteiger partial charge in [0, 0.05) is 23.6 Å². The fourth-order valence-corrected chi connectivity index (χ4v) is 4.64. The lowest BCUT2D eigenvalue weighted by molar-refractivity contribution is 0.256. The van der Waals surface area contributed by atoms with Gasteiger partial charge in [-0.15, -0.1) is 0 Å². The number of fused-ring (bicyclic) bond motifs is 2. The molecule has 2 aromatic heterocycles. The smallest absolute Gasteiger partial charge is 0.306 e. The van der Waals surface area contributed by atoms with Crippen molar-refractivity contribution in [3.8, 4) is 0 Å². The molecule has 2 aliphatic rings. The molecule has 0 radical (unpaired) electrons. The van der Waals surface area contributed by atoms with Crippen LogP contribution in [0, 0.1) is 0 Å². The van der Waals surface area contributed by atoms with E-state index in [2.05, 4.69) is 15.1 Å². The van der Waals surface area contributed by atoms with Gasteiger partial charge in [0.15, 0.2) is 5.03 Å². The number of nitrogens with zero attached hydrogens (tertiary/aromatic N) is 3. The topological polar surface area (TPSA) is 106 Å². The van der Waals surface area contributed by atoms with Gasteiger partial charge in [-0.2, -0.15) is 13.5 Å². The summed E-state index contributed by atoms with van der Waals surface area (Å²) in [5, 5.41) is 6.66. The Balaban J connectivity index is 1.57. The van der Waals surface area contributed by atoms with Crippen LogP contribution in [0.15, 0.2) is 17.3 Å². The number of sulfonamides is 1. The maximum atomic E-state index is 12.5. The molecule has 0 saturated heterocycles. The van der Waals surface area contributed by atoms with Crippen LogP contribution in [0.2, 0.25) is 0 Å². The molecule has 4 rings (SSSR count). The summed E-state index contributed by atoms with van der Waals surface area (Å²) in [6.07, 6.45) is 7.12. The van der Waals surface area contributed by atoms with Gasteiger partial charge in [0.1, 0.15) is 0 Å². The molecule has 2 aromatic rings. The molecule has 27 heavy (non-hydrogen) atoms. The largest absolute Gasteiger partial charge is 0.333 e. The zero-order valence-corrected chi connectivity index (χ0v) is 16.3. The summed E-state index contributed by atoms with van der Waals surface area (Å²) in [6, 6.07) is 0.658. The normalized spacial score (nSPS) is 15.7. The zero-order chi connectivity index (χ0) is 19.2. The highest BCUT2D eigenvalue weighted by Crippen LogP contribution is 2.36. The summed E-state index contributed by atoms with van der Waals surface area (Å²) in [7, 11) is -4.03. The van der Waals surface area contributed by atoms with E-state index in [9.17, 15) is 13.2 Å². The molecule has 2 aliphatic carbocycles. The highest BCUT2D eigenvalue weighted by molar-refractivity contribution is 7.90. The van der Waals surface area contributed by atoms with Crippen molar-refractivity contribution in [3.05, 3.63) is 34.8 Å². The molecule has 0 atom stereocenters. The lowest BCUT2D eigenvalue weighted by Gasteiger charge is -2.15. The van der Waals surface area contributed by atoms with E-state index in [1.54, 1.807) is 6.20 Å². The van der Waals surface area contributed by atoms with Crippen molar-refractivity contribution < 1.29 is 13.2 Å². The lowest BCUT2D eigenvalue weighted by Crippen LogP contribution is -2.35. The fraction of sp³-hybridized carbons (Fsp3) is 0.500. The van der Waals surface area contributed by atoms with E-state index in [0.29, 0.717) is 0 Å². The van der Waals surface area contributed by atoms with Gasteiger partial charge in [-0.25, -0.2) is 9.52 Å². The molecule has 9 heteroatoms. The van der Waals surface area contributed by atoms with Crippen LogP contribution in [0.1, 0.15) is 55.2 Å². The second-order valence-electron chi connectivity index (χ2n) is 7.33. The molecule has 0 bridgehead atoms. The summed E-state index contributed by atoms with van der Waals surface area (Å²) < 4.78 is 28.6. The molecule has 0 aromatic carbocycles. The first kappa shape index (κ1) is 18.0. The minimum absolute atomic E-state index is 0.0322. The number of amides is 2. The molecule has 0 fully saturated rings. The van der Waals surface area contributed by atoms with Gasteiger partial charge < -0.3 is 5.32 Å². The third kappa shape index (κ3) is 3.31. The molecule has 0 saturated carbocycles. The van der Waals surface area contributed by atoms with Crippen LogP contribution in [0.5, 0.6) is 0 Å². The average molecular weight is 389 g/mol. The van der Waals surface area contributed by atoms with E-state index in [-0.39, 0.29) is 11.1 Å². The minimum Gasteiger partial charge on any atom is -0.306 e. The Morgan fingerprint density at radius 3 is 2.30 bits per heavy atom. The average Bonchev–Trinajstić information content (AvgIpc) is 3.34. The highest BCUT2D eigenvalue weighted by Gasteiger charge is 2.28. The van der Waals surface area contributed by atoms with Crippen molar-refractivity contribution in [2.45, 2.75) is 63.4 Å². The van der Waals surface area contributed by atoms with E-state index < -0.39 is 16.1 Å². The summed E-state index contributed by atoms with van der Waals surface area (Å²) in [5.41, 5.74) is 4.92.